The van der Waals surface area contributed by atoms with Gasteiger partial charge in [-0.3, -0.25) is 4.79 Å². The van der Waals surface area contributed by atoms with Gasteiger partial charge in [-0.15, -0.1) is 0 Å². The third kappa shape index (κ3) is 3.01. The molecule has 0 aliphatic carbocycles. The van der Waals surface area contributed by atoms with Crippen molar-refractivity contribution in [1.82, 2.24) is 0 Å². The number of halogens is 1. The van der Waals surface area contributed by atoms with Crippen LogP contribution in [0.3, 0.4) is 0 Å². The Morgan fingerprint density at radius 1 is 1.05 bits per heavy atom. The van der Waals surface area contributed by atoms with Crippen molar-refractivity contribution in [1.29, 1.82) is 0 Å². The van der Waals surface area contributed by atoms with Crippen molar-refractivity contribution in [2.45, 2.75) is 34.1 Å². The summed E-state index contributed by atoms with van der Waals surface area (Å²) in [6.07, 6.45) is 0.467. The zero-order valence-electron chi connectivity index (χ0n) is 12.4. The third-order valence-corrected chi connectivity index (χ3v) is 4.60. The highest BCUT2D eigenvalue weighted by molar-refractivity contribution is 9.10. The molecule has 2 aromatic carbocycles. The Morgan fingerprint density at radius 2 is 1.65 bits per heavy atom. The van der Waals surface area contributed by atoms with Crippen LogP contribution in [0.2, 0.25) is 0 Å². The van der Waals surface area contributed by atoms with E-state index >= 15 is 0 Å². The summed E-state index contributed by atoms with van der Waals surface area (Å²) in [6.45, 7) is 8.23. The molecule has 104 valence electrons. The number of benzene rings is 2. The standard InChI is InChI=1S/C18H19BrO/c1-11-8-12(2)16(13(3)9-11)10-18(20)15-6-5-7-17(19)14(15)4/h5-9H,10H2,1-4H3. The second-order valence-electron chi connectivity index (χ2n) is 5.39. The normalized spacial score (nSPS) is 10.7. The average molecular weight is 331 g/mol. The predicted molar refractivity (Wildman–Crippen MR) is 87.6 cm³/mol. The van der Waals surface area contributed by atoms with E-state index in [9.17, 15) is 4.79 Å². The number of carbonyl (C=O) groups is 1. The number of aryl methyl sites for hydroxylation is 3. The third-order valence-electron chi connectivity index (χ3n) is 3.75. The molecule has 0 aliphatic heterocycles. The second kappa shape index (κ2) is 5.92. The smallest absolute Gasteiger partial charge is 0.167 e. The van der Waals surface area contributed by atoms with E-state index in [4.69, 9.17) is 0 Å². The molecule has 0 heterocycles. The van der Waals surface area contributed by atoms with E-state index in [0.29, 0.717) is 6.42 Å². The second-order valence-corrected chi connectivity index (χ2v) is 6.24. The van der Waals surface area contributed by atoms with Gasteiger partial charge in [0.05, 0.1) is 0 Å². The van der Waals surface area contributed by atoms with Gasteiger partial charge in [0.2, 0.25) is 0 Å². The van der Waals surface area contributed by atoms with Crippen molar-refractivity contribution in [2.75, 3.05) is 0 Å². The Labute approximate surface area is 129 Å². The molecule has 0 atom stereocenters. The fourth-order valence-corrected chi connectivity index (χ4v) is 3.02. The zero-order valence-corrected chi connectivity index (χ0v) is 14.0. The van der Waals surface area contributed by atoms with Gasteiger partial charge in [-0.05, 0) is 56.0 Å². The molecule has 0 unspecified atom stereocenters. The minimum atomic E-state index is 0.179. The number of Topliss-reactive ketones (excluding diaryl/α,β-unsaturated/α-hetero) is 1. The van der Waals surface area contributed by atoms with Gasteiger partial charge in [0.15, 0.2) is 5.78 Å². The first-order valence-electron chi connectivity index (χ1n) is 6.75. The van der Waals surface area contributed by atoms with Gasteiger partial charge in [0, 0.05) is 16.5 Å². The van der Waals surface area contributed by atoms with E-state index < -0.39 is 0 Å². The molecule has 0 fully saturated rings. The van der Waals surface area contributed by atoms with Crippen LogP contribution in [-0.2, 0) is 6.42 Å². The van der Waals surface area contributed by atoms with E-state index in [-0.39, 0.29) is 5.78 Å². The lowest BCUT2D eigenvalue weighted by Gasteiger charge is -2.12. The molecular formula is C18H19BrO. The van der Waals surface area contributed by atoms with E-state index in [2.05, 4.69) is 48.8 Å². The van der Waals surface area contributed by atoms with Crippen molar-refractivity contribution < 1.29 is 4.79 Å². The minimum absolute atomic E-state index is 0.179. The lowest BCUT2D eigenvalue weighted by Crippen LogP contribution is -2.08. The summed E-state index contributed by atoms with van der Waals surface area (Å²) in [4.78, 5) is 12.6. The van der Waals surface area contributed by atoms with Crippen molar-refractivity contribution >= 4 is 21.7 Å². The quantitative estimate of drug-likeness (QED) is 0.715. The largest absolute Gasteiger partial charge is 0.294 e. The summed E-state index contributed by atoms with van der Waals surface area (Å²) >= 11 is 3.49. The van der Waals surface area contributed by atoms with Crippen LogP contribution in [0, 0.1) is 27.7 Å². The average Bonchev–Trinajstić information content (AvgIpc) is 2.36. The first kappa shape index (κ1) is 15.0. The van der Waals surface area contributed by atoms with Crippen molar-refractivity contribution in [2.24, 2.45) is 0 Å². The van der Waals surface area contributed by atoms with E-state index in [1.54, 1.807) is 0 Å². The van der Waals surface area contributed by atoms with Crippen molar-refractivity contribution in [3.63, 3.8) is 0 Å². The SMILES string of the molecule is Cc1cc(C)c(CC(=O)c2cccc(Br)c2C)c(C)c1. The summed E-state index contributed by atoms with van der Waals surface area (Å²) in [6, 6.07) is 10.1. The predicted octanol–water partition coefficient (Wildman–Crippen LogP) is 5.11. The van der Waals surface area contributed by atoms with Gasteiger partial charge in [0.1, 0.15) is 0 Å². The number of ketones is 1. The molecule has 1 nitrogen and oxygen atoms in total. The van der Waals surface area contributed by atoms with Gasteiger partial charge in [0.25, 0.3) is 0 Å². The Morgan fingerprint density at radius 3 is 2.25 bits per heavy atom. The van der Waals surface area contributed by atoms with E-state index in [1.807, 2.05) is 25.1 Å². The van der Waals surface area contributed by atoms with Crippen molar-refractivity contribution in [3.05, 3.63) is 68.2 Å². The van der Waals surface area contributed by atoms with Crippen LogP contribution >= 0.6 is 15.9 Å². The van der Waals surface area contributed by atoms with Crippen LogP contribution in [0.4, 0.5) is 0 Å². The number of hydrogen-bond donors (Lipinski definition) is 0. The molecule has 0 amide bonds. The molecule has 0 radical (unpaired) electrons. The van der Waals surface area contributed by atoms with Crippen LogP contribution < -0.4 is 0 Å². The Balaban J connectivity index is 2.36. The van der Waals surface area contributed by atoms with Gasteiger partial charge in [-0.25, -0.2) is 0 Å². The first-order chi connectivity index (χ1) is 9.40. The lowest BCUT2D eigenvalue weighted by atomic mass is 9.92. The molecular weight excluding hydrogens is 312 g/mol. The maximum absolute atomic E-state index is 12.6. The van der Waals surface area contributed by atoms with Crippen LogP contribution in [0.5, 0.6) is 0 Å². The van der Waals surface area contributed by atoms with Crippen LogP contribution in [0.25, 0.3) is 0 Å². The van der Waals surface area contributed by atoms with Crippen LogP contribution in [0.1, 0.15) is 38.2 Å². The Bertz CT molecular complexity index is 648. The monoisotopic (exact) mass is 330 g/mol. The van der Waals surface area contributed by atoms with Gasteiger partial charge in [-0.2, -0.15) is 0 Å². The molecule has 2 rings (SSSR count). The molecule has 0 saturated heterocycles. The first-order valence-corrected chi connectivity index (χ1v) is 7.54. The number of rotatable bonds is 3. The van der Waals surface area contributed by atoms with Crippen LogP contribution in [0.15, 0.2) is 34.8 Å². The van der Waals surface area contributed by atoms with E-state index in [0.717, 1.165) is 21.2 Å². The molecule has 0 aliphatic rings. The molecule has 0 N–H and O–H groups in total. The highest BCUT2D eigenvalue weighted by atomic mass is 79.9. The summed E-state index contributed by atoms with van der Waals surface area (Å²) < 4.78 is 0.987. The van der Waals surface area contributed by atoms with Gasteiger partial charge < -0.3 is 0 Å². The highest BCUT2D eigenvalue weighted by Crippen LogP contribution is 2.23. The van der Waals surface area contributed by atoms with Gasteiger partial charge >= 0.3 is 0 Å². The van der Waals surface area contributed by atoms with Crippen LogP contribution in [-0.4, -0.2) is 5.78 Å². The number of hydrogen-bond acceptors (Lipinski definition) is 1. The Hall–Kier alpha value is -1.41. The maximum atomic E-state index is 12.6. The van der Waals surface area contributed by atoms with Crippen molar-refractivity contribution in [3.8, 4) is 0 Å². The minimum Gasteiger partial charge on any atom is -0.294 e. The lowest BCUT2D eigenvalue weighted by molar-refractivity contribution is 0.0992. The fourth-order valence-electron chi connectivity index (χ4n) is 2.65. The van der Waals surface area contributed by atoms with Gasteiger partial charge in [-0.1, -0.05) is 45.8 Å². The fraction of sp³-hybridized carbons (Fsp3) is 0.278. The molecule has 20 heavy (non-hydrogen) atoms. The topological polar surface area (TPSA) is 17.1 Å². The molecule has 0 bridgehead atoms. The summed E-state index contributed by atoms with van der Waals surface area (Å²) in [5, 5.41) is 0. The highest BCUT2D eigenvalue weighted by Gasteiger charge is 2.14. The Kier molecular flexibility index (Phi) is 4.44. The summed E-state index contributed by atoms with van der Waals surface area (Å²) in [5.41, 5.74) is 6.61. The molecule has 0 spiro atoms. The zero-order chi connectivity index (χ0) is 14.9. The summed E-state index contributed by atoms with van der Waals surface area (Å²) in [5.74, 6) is 0.179. The molecule has 0 aromatic heterocycles. The number of carbonyl (C=O) groups excluding carboxylic acids is 1. The summed E-state index contributed by atoms with van der Waals surface area (Å²) in [7, 11) is 0. The molecule has 2 aromatic rings. The molecule has 0 saturated carbocycles. The molecule has 2 heteroatoms. The van der Waals surface area contributed by atoms with E-state index in [1.165, 1.54) is 16.7 Å². The maximum Gasteiger partial charge on any atom is 0.167 e.